The Kier molecular flexibility index (Phi) is 5.81. The fourth-order valence-electron chi connectivity index (χ4n) is 4.21. The first-order valence-corrected chi connectivity index (χ1v) is 12.0. The van der Waals surface area contributed by atoms with Crippen LogP contribution in [0.5, 0.6) is 0 Å². The lowest BCUT2D eigenvalue weighted by molar-refractivity contribution is -0.122. The molecule has 164 valence electrons. The van der Waals surface area contributed by atoms with E-state index < -0.39 is 16.1 Å². The van der Waals surface area contributed by atoms with E-state index in [9.17, 15) is 18.0 Å². The van der Waals surface area contributed by atoms with Gasteiger partial charge in [-0.25, -0.2) is 8.42 Å². The first-order chi connectivity index (χ1) is 14.7. The Morgan fingerprint density at radius 2 is 1.81 bits per heavy atom. The first-order valence-electron chi connectivity index (χ1n) is 10.2. The Morgan fingerprint density at radius 1 is 1.10 bits per heavy atom. The van der Waals surface area contributed by atoms with E-state index in [2.05, 4.69) is 5.32 Å². The third kappa shape index (κ3) is 4.07. The zero-order valence-corrected chi connectivity index (χ0v) is 19.0. The van der Waals surface area contributed by atoms with E-state index in [0.717, 1.165) is 18.4 Å². The molecule has 2 heterocycles. The second-order valence-electron chi connectivity index (χ2n) is 7.96. The van der Waals surface area contributed by atoms with Crippen molar-refractivity contribution in [2.75, 3.05) is 23.3 Å². The van der Waals surface area contributed by atoms with Crippen molar-refractivity contribution in [1.29, 1.82) is 0 Å². The third-order valence-corrected chi connectivity index (χ3v) is 7.97. The van der Waals surface area contributed by atoms with Crippen LogP contribution in [0, 0.1) is 6.92 Å². The summed E-state index contributed by atoms with van der Waals surface area (Å²) in [4.78, 5) is 27.1. The van der Waals surface area contributed by atoms with Crippen molar-refractivity contribution in [1.82, 2.24) is 4.31 Å². The number of amides is 2. The number of carbonyl (C=O) groups is 2. The van der Waals surface area contributed by atoms with Crippen LogP contribution in [0.2, 0.25) is 5.02 Å². The second kappa shape index (κ2) is 8.26. The van der Waals surface area contributed by atoms with E-state index in [-0.39, 0.29) is 23.1 Å². The van der Waals surface area contributed by atoms with Gasteiger partial charge in [0.2, 0.25) is 21.8 Å². The summed E-state index contributed by atoms with van der Waals surface area (Å²) in [7, 11) is -3.58. The van der Waals surface area contributed by atoms with Gasteiger partial charge in [0.25, 0.3) is 0 Å². The molecule has 1 atom stereocenters. The summed E-state index contributed by atoms with van der Waals surface area (Å²) in [6.07, 6.45) is 1.95. The van der Waals surface area contributed by atoms with E-state index in [1.54, 1.807) is 30.3 Å². The van der Waals surface area contributed by atoms with Crippen molar-refractivity contribution >= 4 is 44.8 Å². The number of fused-ring (bicyclic) bond motifs is 1. The fourth-order valence-corrected chi connectivity index (χ4v) is 5.95. The van der Waals surface area contributed by atoms with Gasteiger partial charge in [-0.2, -0.15) is 4.31 Å². The Labute approximate surface area is 187 Å². The topological polar surface area (TPSA) is 86.8 Å². The number of sulfonamides is 1. The van der Waals surface area contributed by atoms with Gasteiger partial charge < -0.3 is 5.32 Å². The molecule has 0 radical (unpaired) electrons. The molecule has 1 fully saturated rings. The molecule has 2 amide bonds. The Hall–Kier alpha value is -2.42. The molecule has 2 aromatic carbocycles. The molecule has 0 unspecified atom stereocenters. The molecule has 0 saturated carbocycles. The molecule has 9 heteroatoms. The van der Waals surface area contributed by atoms with Crippen LogP contribution >= 0.6 is 11.6 Å². The number of benzene rings is 2. The summed E-state index contributed by atoms with van der Waals surface area (Å²) in [5.74, 6) is -0.627. The molecule has 31 heavy (non-hydrogen) atoms. The van der Waals surface area contributed by atoms with Crippen molar-refractivity contribution in [2.45, 2.75) is 44.0 Å². The molecule has 0 spiro atoms. The predicted octanol–water partition coefficient (Wildman–Crippen LogP) is 3.35. The molecule has 4 rings (SSSR count). The maximum Gasteiger partial charge on any atom is 0.247 e. The molecule has 0 aliphatic carbocycles. The quantitative estimate of drug-likeness (QED) is 0.756. The minimum Gasteiger partial charge on any atom is -0.324 e. The average Bonchev–Trinajstić information content (AvgIpc) is 3.38. The van der Waals surface area contributed by atoms with E-state index in [4.69, 9.17) is 11.6 Å². The van der Waals surface area contributed by atoms with E-state index >= 15 is 0 Å². The smallest absolute Gasteiger partial charge is 0.247 e. The van der Waals surface area contributed by atoms with Gasteiger partial charge in [-0.15, -0.1) is 0 Å². The van der Waals surface area contributed by atoms with Gasteiger partial charge in [0.15, 0.2) is 0 Å². The van der Waals surface area contributed by atoms with Gasteiger partial charge in [0, 0.05) is 42.8 Å². The molecular weight excluding hydrogens is 438 g/mol. The zero-order valence-electron chi connectivity index (χ0n) is 17.4. The molecule has 7 nitrogen and oxygen atoms in total. The van der Waals surface area contributed by atoms with Crippen LogP contribution in [0.4, 0.5) is 11.4 Å². The van der Waals surface area contributed by atoms with Crippen molar-refractivity contribution < 1.29 is 18.0 Å². The second-order valence-corrected chi connectivity index (χ2v) is 10.3. The van der Waals surface area contributed by atoms with Crippen molar-refractivity contribution in [3.63, 3.8) is 0 Å². The fraction of sp³-hybridized carbons (Fsp3) is 0.364. The van der Waals surface area contributed by atoms with E-state index in [0.29, 0.717) is 35.1 Å². The summed E-state index contributed by atoms with van der Waals surface area (Å²) in [6, 6.07) is 9.17. The molecule has 0 aromatic heterocycles. The lowest BCUT2D eigenvalue weighted by atomic mass is 10.1. The Balaban J connectivity index is 1.63. The summed E-state index contributed by atoms with van der Waals surface area (Å²) in [6.45, 7) is 4.29. The van der Waals surface area contributed by atoms with Crippen molar-refractivity contribution in [2.24, 2.45) is 0 Å². The standard InChI is InChI=1S/C22H24ClN3O4S/c1-14-5-6-17(23)13-19(14)24-22(28)21-12-16-11-18(7-8-20(16)26(21)15(2)27)31(29,30)25-9-3-4-10-25/h5-8,11,13,21H,3-4,9-10,12H2,1-2H3,(H,24,28)/t21-/m1/s1. The Morgan fingerprint density at radius 3 is 2.48 bits per heavy atom. The highest BCUT2D eigenvalue weighted by atomic mass is 35.5. The number of carbonyl (C=O) groups excluding carboxylic acids is 2. The highest BCUT2D eigenvalue weighted by Gasteiger charge is 2.38. The number of hydrogen-bond acceptors (Lipinski definition) is 4. The van der Waals surface area contributed by atoms with Gasteiger partial charge >= 0.3 is 0 Å². The van der Waals surface area contributed by atoms with Crippen LogP contribution < -0.4 is 10.2 Å². The minimum absolute atomic E-state index is 0.198. The summed E-state index contributed by atoms with van der Waals surface area (Å²) >= 11 is 6.05. The van der Waals surface area contributed by atoms with Gasteiger partial charge in [0.05, 0.1) is 4.90 Å². The maximum atomic E-state index is 13.1. The van der Waals surface area contributed by atoms with Crippen LogP contribution in [0.15, 0.2) is 41.3 Å². The van der Waals surface area contributed by atoms with Gasteiger partial charge in [-0.05, 0) is 61.2 Å². The van der Waals surface area contributed by atoms with Crippen molar-refractivity contribution in [3.8, 4) is 0 Å². The number of aryl methyl sites for hydroxylation is 1. The lowest BCUT2D eigenvalue weighted by Gasteiger charge is -2.24. The molecule has 1 N–H and O–H groups in total. The highest BCUT2D eigenvalue weighted by molar-refractivity contribution is 7.89. The minimum atomic E-state index is -3.58. The maximum absolute atomic E-state index is 13.1. The van der Waals surface area contributed by atoms with Crippen LogP contribution in [-0.4, -0.2) is 43.7 Å². The number of anilines is 2. The van der Waals surface area contributed by atoms with Crippen LogP contribution in [0.1, 0.15) is 30.9 Å². The average molecular weight is 462 g/mol. The predicted molar refractivity (Wildman–Crippen MR) is 120 cm³/mol. The van der Waals surface area contributed by atoms with Crippen LogP contribution in [-0.2, 0) is 26.0 Å². The number of hydrogen-bond donors (Lipinski definition) is 1. The summed E-state index contributed by atoms with van der Waals surface area (Å²) in [5, 5.41) is 3.35. The van der Waals surface area contributed by atoms with Gasteiger partial charge in [-0.3, -0.25) is 14.5 Å². The van der Waals surface area contributed by atoms with Crippen LogP contribution in [0.3, 0.4) is 0 Å². The number of rotatable bonds is 4. The van der Waals surface area contributed by atoms with Gasteiger partial charge in [-0.1, -0.05) is 17.7 Å². The lowest BCUT2D eigenvalue weighted by Crippen LogP contribution is -2.44. The molecule has 2 aliphatic rings. The largest absolute Gasteiger partial charge is 0.324 e. The molecule has 0 bridgehead atoms. The third-order valence-electron chi connectivity index (χ3n) is 5.84. The molecule has 1 saturated heterocycles. The summed E-state index contributed by atoms with van der Waals surface area (Å²) < 4.78 is 27.3. The van der Waals surface area contributed by atoms with Crippen molar-refractivity contribution in [3.05, 3.63) is 52.5 Å². The van der Waals surface area contributed by atoms with Crippen LogP contribution in [0.25, 0.3) is 0 Å². The SMILES string of the molecule is CC(=O)N1c2ccc(S(=O)(=O)N3CCCC3)cc2C[C@@H]1C(=O)Nc1cc(Cl)ccc1C. The first kappa shape index (κ1) is 21.8. The number of nitrogens with zero attached hydrogens (tertiary/aromatic N) is 2. The number of nitrogens with one attached hydrogen (secondary N) is 1. The molecule has 2 aromatic rings. The molecule has 2 aliphatic heterocycles. The van der Waals surface area contributed by atoms with E-state index in [1.165, 1.54) is 22.2 Å². The van der Waals surface area contributed by atoms with E-state index in [1.807, 2.05) is 6.92 Å². The monoisotopic (exact) mass is 461 g/mol. The zero-order chi connectivity index (χ0) is 22.3. The highest BCUT2D eigenvalue weighted by Crippen LogP contribution is 2.36. The molecular formula is C22H24ClN3O4S. The summed E-state index contributed by atoms with van der Waals surface area (Å²) in [5.41, 5.74) is 2.66. The van der Waals surface area contributed by atoms with Gasteiger partial charge in [0.1, 0.15) is 6.04 Å². The Bertz CT molecular complexity index is 1160. The normalized spacial score (nSPS) is 18.8. The number of halogens is 1.